The highest BCUT2D eigenvalue weighted by Crippen LogP contribution is 2.27. The predicted molar refractivity (Wildman–Crippen MR) is 80.4 cm³/mol. The van der Waals surface area contributed by atoms with Gasteiger partial charge in [0.1, 0.15) is 5.75 Å². The van der Waals surface area contributed by atoms with Crippen molar-refractivity contribution in [2.75, 3.05) is 7.11 Å². The Hall–Kier alpha value is -1.32. The Labute approximate surface area is 122 Å². The van der Waals surface area contributed by atoms with E-state index in [9.17, 15) is 5.11 Å². The lowest BCUT2D eigenvalue weighted by Crippen LogP contribution is -2.24. The number of rotatable bonds is 4. The van der Waals surface area contributed by atoms with Crippen molar-refractivity contribution >= 4 is 15.9 Å². The van der Waals surface area contributed by atoms with Crippen molar-refractivity contribution < 1.29 is 9.84 Å². The molecule has 1 atom stereocenters. The molecule has 0 saturated heterocycles. The summed E-state index contributed by atoms with van der Waals surface area (Å²) in [6, 6.07) is 15.5. The second kappa shape index (κ2) is 5.76. The lowest BCUT2D eigenvalue weighted by molar-refractivity contribution is 0.0576. The van der Waals surface area contributed by atoms with E-state index in [2.05, 4.69) is 15.9 Å². The van der Waals surface area contributed by atoms with Gasteiger partial charge in [-0.3, -0.25) is 0 Å². The molecule has 2 rings (SSSR count). The maximum absolute atomic E-state index is 10.6. The number of ether oxygens (including phenoxy) is 1. The Morgan fingerprint density at radius 2 is 1.84 bits per heavy atom. The third-order valence-electron chi connectivity index (χ3n) is 3.15. The summed E-state index contributed by atoms with van der Waals surface area (Å²) in [6.45, 7) is 1.83. The Morgan fingerprint density at radius 3 is 2.42 bits per heavy atom. The minimum absolute atomic E-state index is 0.568. The van der Waals surface area contributed by atoms with E-state index in [4.69, 9.17) is 4.74 Å². The van der Waals surface area contributed by atoms with Crippen molar-refractivity contribution in [1.82, 2.24) is 0 Å². The van der Waals surface area contributed by atoms with Crippen LogP contribution in [0.1, 0.15) is 18.1 Å². The summed E-state index contributed by atoms with van der Waals surface area (Å²) in [5.41, 5.74) is 1.08. The van der Waals surface area contributed by atoms with Gasteiger partial charge >= 0.3 is 0 Å². The van der Waals surface area contributed by atoms with E-state index in [-0.39, 0.29) is 0 Å². The molecule has 0 amide bonds. The summed E-state index contributed by atoms with van der Waals surface area (Å²) in [5, 5.41) is 10.6. The average molecular weight is 321 g/mol. The maximum atomic E-state index is 10.6. The molecule has 0 aliphatic rings. The van der Waals surface area contributed by atoms with E-state index in [0.29, 0.717) is 6.42 Å². The first kappa shape index (κ1) is 14.1. The normalized spacial score (nSPS) is 13.9. The lowest BCUT2D eigenvalue weighted by Gasteiger charge is -2.24. The second-order valence-corrected chi connectivity index (χ2v) is 5.72. The molecule has 1 N–H and O–H groups in total. The molecule has 0 radical (unpaired) electrons. The van der Waals surface area contributed by atoms with Crippen LogP contribution >= 0.6 is 15.9 Å². The number of methoxy groups -OCH3 is 1. The molecule has 100 valence electrons. The van der Waals surface area contributed by atoms with Crippen LogP contribution in [0.25, 0.3) is 0 Å². The number of benzene rings is 2. The standard InChI is InChI=1S/C16H17BrO2/c1-16(18,11-12-4-3-5-14(17)10-12)13-6-8-15(19-2)9-7-13/h3-10,18H,11H2,1-2H3. The summed E-state index contributed by atoms with van der Waals surface area (Å²) < 4.78 is 6.15. The van der Waals surface area contributed by atoms with Gasteiger partial charge in [0.2, 0.25) is 0 Å². The van der Waals surface area contributed by atoms with Gasteiger partial charge in [-0.1, -0.05) is 40.2 Å². The fourth-order valence-corrected chi connectivity index (χ4v) is 2.54. The monoisotopic (exact) mass is 320 g/mol. The number of hydrogen-bond donors (Lipinski definition) is 1. The van der Waals surface area contributed by atoms with Crippen molar-refractivity contribution in [1.29, 1.82) is 0 Å². The van der Waals surface area contributed by atoms with Crippen LogP contribution in [0.2, 0.25) is 0 Å². The molecule has 2 nitrogen and oxygen atoms in total. The molecule has 0 aliphatic heterocycles. The van der Waals surface area contributed by atoms with Gasteiger partial charge in [0.15, 0.2) is 0 Å². The summed E-state index contributed by atoms with van der Waals surface area (Å²) in [7, 11) is 1.63. The Morgan fingerprint density at radius 1 is 1.16 bits per heavy atom. The van der Waals surface area contributed by atoms with Crippen LogP contribution in [-0.2, 0) is 12.0 Å². The molecule has 19 heavy (non-hydrogen) atoms. The summed E-state index contributed by atoms with van der Waals surface area (Å²) >= 11 is 3.45. The first-order chi connectivity index (χ1) is 9.01. The SMILES string of the molecule is COc1ccc(C(C)(O)Cc2cccc(Br)c2)cc1. The first-order valence-corrected chi connectivity index (χ1v) is 6.92. The van der Waals surface area contributed by atoms with Crippen molar-refractivity contribution in [2.45, 2.75) is 18.9 Å². The molecule has 0 aromatic heterocycles. The van der Waals surface area contributed by atoms with Gasteiger partial charge in [-0.05, 0) is 42.3 Å². The Kier molecular flexibility index (Phi) is 4.27. The molecule has 0 bridgehead atoms. The van der Waals surface area contributed by atoms with Crippen molar-refractivity contribution in [3.05, 3.63) is 64.1 Å². The zero-order chi connectivity index (χ0) is 13.9. The molecule has 0 heterocycles. The lowest BCUT2D eigenvalue weighted by atomic mass is 9.89. The van der Waals surface area contributed by atoms with Gasteiger partial charge in [0, 0.05) is 10.9 Å². The zero-order valence-electron chi connectivity index (χ0n) is 11.1. The highest BCUT2D eigenvalue weighted by atomic mass is 79.9. The molecular weight excluding hydrogens is 304 g/mol. The molecule has 2 aromatic carbocycles. The van der Waals surface area contributed by atoms with E-state index < -0.39 is 5.60 Å². The highest BCUT2D eigenvalue weighted by Gasteiger charge is 2.23. The topological polar surface area (TPSA) is 29.5 Å². The molecule has 0 aliphatic carbocycles. The minimum Gasteiger partial charge on any atom is -0.497 e. The molecule has 0 spiro atoms. The van der Waals surface area contributed by atoms with Crippen molar-refractivity contribution in [2.24, 2.45) is 0 Å². The second-order valence-electron chi connectivity index (χ2n) is 4.81. The number of aliphatic hydroxyl groups is 1. The Balaban J connectivity index is 2.21. The van der Waals surface area contributed by atoms with Gasteiger partial charge in [-0.2, -0.15) is 0 Å². The summed E-state index contributed by atoms with van der Waals surface area (Å²) in [5.74, 6) is 0.794. The van der Waals surface area contributed by atoms with Crippen LogP contribution < -0.4 is 4.74 Å². The molecule has 1 unspecified atom stereocenters. The Bertz CT molecular complexity index is 547. The van der Waals surface area contributed by atoms with Gasteiger partial charge in [-0.15, -0.1) is 0 Å². The largest absolute Gasteiger partial charge is 0.497 e. The average Bonchev–Trinajstić information content (AvgIpc) is 2.38. The quantitative estimate of drug-likeness (QED) is 0.925. The van der Waals surface area contributed by atoms with Gasteiger partial charge in [0.25, 0.3) is 0 Å². The number of hydrogen-bond acceptors (Lipinski definition) is 2. The summed E-state index contributed by atoms with van der Waals surface area (Å²) in [6.07, 6.45) is 0.568. The van der Waals surface area contributed by atoms with Crippen LogP contribution in [0, 0.1) is 0 Å². The predicted octanol–water partition coefficient (Wildman–Crippen LogP) is 3.91. The fraction of sp³-hybridized carbons (Fsp3) is 0.250. The molecule has 3 heteroatoms. The van der Waals surface area contributed by atoms with Crippen LogP contribution in [0.5, 0.6) is 5.75 Å². The van der Waals surface area contributed by atoms with E-state index in [1.54, 1.807) is 7.11 Å². The third-order valence-corrected chi connectivity index (χ3v) is 3.64. The van der Waals surface area contributed by atoms with Crippen molar-refractivity contribution in [3.63, 3.8) is 0 Å². The fourth-order valence-electron chi connectivity index (χ4n) is 2.10. The van der Waals surface area contributed by atoms with E-state index in [1.165, 1.54) is 0 Å². The third kappa shape index (κ3) is 3.58. The zero-order valence-corrected chi connectivity index (χ0v) is 12.6. The van der Waals surface area contributed by atoms with Crippen LogP contribution in [0.15, 0.2) is 53.0 Å². The minimum atomic E-state index is -0.896. The van der Waals surface area contributed by atoms with E-state index in [1.807, 2.05) is 55.5 Å². The van der Waals surface area contributed by atoms with Crippen LogP contribution in [0.3, 0.4) is 0 Å². The number of halogens is 1. The molecule has 0 saturated carbocycles. The smallest absolute Gasteiger partial charge is 0.118 e. The molecule has 0 fully saturated rings. The first-order valence-electron chi connectivity index (χ1n) is 6.12. The van der Waals surface area contributed by atoms with E-state index in [0.717, 1.165) is 21.3 Å². The van der Waals surface area contributed by atoms with Gasteiger partial charge in [-0.25, -0.2) is 0 Å². The van der Waals surface area contributed by atoms with Crippen LogP contribution in [0.4, 0.5) is 0 Å². The summed E-state index contributed by atoms with van der Waals surface area (Å²) in [4.78, 5) is 0. The highest BCUT2D eigenvalue weighted by molar-refractivity contribution is 9.10. The maximum Gasteiger partial charge on any atom is 0.118 e. The van der Waals surface area contributed by atoms with Gasteiger partial charge < -0.3 is 9.84 Å². The van der Waals surface area contributed by atoms with Crippen LogP contribution in [-0.4, -0.2) is 12.2 Å². The van der Waals surface area contributed by atoms with E-state index >= 15 is 0 Å². The molecule has 2 aromatic rings. The molecular formula is C16H17BrO2. The van der Waals surface area contributed by atoms with Crippen molar-refractivity contribution in [3.8, 4) is 5.75 Å². The van der Waals surface area contributed by atoms with Gasteiger partial charge in [0.05, 0.1) is 12.7 Å².